The molecule has 0 atom stereocenters. The van der Waals surface area contributed by atoms with Crippen molar-refractivity contribution in [3.05, 3.63) is 502 Å². The van der Waals surface area contributed by atoms with E-state index in [-0.39, 0.29) is 0 Å². The van der Waals surface area contributed by atoms with Crippen LogP contribution in [0.15, 0.2) is 481 Å². The van der Waals surface area contributed by atoms with Crippen molar-refractivity contribution in [3.63, 3.8) is 0 Å². The minimum absolute atomic E-state index is 0.511. The summed E-state index contributed by atoms with van der Waals surface area (Å²) in [7, 11) is 0. The molecule has 0 radical (unpaired) electrons. The molecule has 694 valence electrons. The Morgan fingerprint density at radius 3 is 0.913 bits per heavy atom. The predicted octanol–water partition coefficient (Wildman–Crippen LogP) is 33.3. The van der Waals surface area contributed by atoms with Crippen LogP contribution in [0.25, 0.3) is 267 Å². The van der Waals surface area contributed by atoms with Gasteiger partial charge in [0.15, 0.2) is 63.8 Å². The van der Waals surface area contributed by atoms with Gasteiger partial charge in [-0.2, -0.15) is 10.5 Å². The molecular weight excluding hydrogens is 1830 g/mol. The topological polar surface area (TPSA) is 238 Å². The summed E-state index contributed by atoms with van der Waals surface area (Å²) in [6.07, 6.45) is 7.28. The number of furan rings is 3. The number of para-hydroxylation sites is 1. The van der Waals surface area contributed by atoms with Gasteiger partial charge in [-0.3, -0.25) is 9.97 Å². The third-order valence-electron chi connectivity index (χ3n) is 26.3. The Morgan fingerprint density at radius 1 is 0.201 bits per heavy atom. The number of pyridine rings is 2. The van der Waals surface area contributed by atoms with Gasteiger partial charge in [-0.15, -0.1) is 0 Å². The van der Waals surface area contributed by atoms with Crippen molar-refractivity contribution in [1.29, 1.82) is 10.5 Å². The van der Waals surface area contributed by atoms with Gasteiger partial charge >= 0.3 is 0 Å². The molecule has 0 aliphatic heterocycles. The van der Waals surface area contributed by atoms with Crippen LogP contribution in [-0.2, 0) is 0 Å². The summed E-state index contributed by atoms with van der Waals surface area (Å²) < 4.78 is 20.1. The highest BCUT2D eigenvalue weighted by Gasteiger charge is 2.28. The van der Waals surface area contributed by atoms with Crippen LogP contribution in [0, 0.1) is 35.8 Å². The molecule has 18 nitrogen and oxygen atoms in total. The number of fused-ring (bicyclic) bond motifs is 9. The lowest BCUT2D eigenvalue weighted by Crippen LogP contribution is -2.00. The molecule has 0 unspecified atom stereocenters. The summed E-state index contributed by atoms with van der Waals surface area (Å²) in [4.78, 5) is 60.8. The van der Waals surface area contributed by atoms with E-state index in [1.807, 2.05) is 365 Å². The molecule has 26 aromatic rings. The number of hydrogen-bond acceptors (Lipinski definition) is 16. The van der Waals surface area contributed by atoms with Crippen molar-refractivity contribution in [1.82, 2.24) is 54.8 Å². The molecule has 0 saturated carbocycles. The molecule has 0 bridgehead atoms. The second-order valence-electron chi connectivity index (χ2n) is 35.4. The normalized spacial score (nSPS) is 11.1. The first-order valence-corrected chi connectivity index (χ1v) is 48.2. The van der Waals surface area contributed by atoms with Crippen molar-refractivity contribution in [3.8, 4) is 204 Å². The minimum Gasteiger partial charge on any atom is -0.455 e. The van der Waals surface area contributed by atoms with Gasteiger partial charge in [0, 0.05) is 124 Å². The molecule has 18 aromatic carbocycles. The van der Waals surface area contributed by atoms with Gasteiger partial charge in [0.2, 0.25) is 0 Å². The summed E-state index contributed by atoms with van der Waals surface area (Å²) in [5.41, 5.74) is 29.7. The Bertz CT molecular complexity index is 9630. The smallest absolute Gasteiger partial charge is 0.195 e. The van der Waals surface area contributed by atoms with Crippen LogP contribution in [0.2, 0.25) is 0 Å². The van der Waals surface area contributed by atoms with Gasteiger partial charge in [0.05, 0.1) is 36.4 Å². The molecule has 0 N–H and O–H groups in total. The van der Waals surface area contributed by atoms with Crippen LogP contribution in [0.1, 0.15) is 11.1 Å². The zero-order valence-electron chi connectivity index (χ0n) is 79.4. The first-order chi connectivity index (χ1) is 73.6. The maximum atomic E-state index is 10.00. The number of nitriles is 2. The monoisotopic (exact) mass is 1910 g/mol. The van der Waals surface area contributed by atoms with E-state index >= 15 is 0 Å². The number of rotatable bonds is 17. The summed E-state index contributed by atoms with van der Waals surface area (Å²) in [5, 5.41) is 25.0. The van der Waals surface area contributed by atoms with E-state index in [0.29, 0.717) is 97.3 Å². The molecule has 149 heavy (non-hydrogen) atoms. The zero-order chi connectivity index (χ0) is 100. The standard InChI is InChI=1S/C49H31N5O.2C41H23N5O/c1-3-8-38(9-4-1)47-52-48(39-10-5-2-6-11-39)54-49(53-47)41-12-7-13-44-45(41)43-31-40(34-16-14-32(15-17-34)35-22-26-50-27-23-35)30-42(46(43)55-44)37-20-18-33(19-21-37)36-24-28-51-29-25-36;1-43-32-18-9-17-30(22-32)34-23-31(29-16-8-11-26(21-29)25-42)24-35-37-33(19-10-20-36(37)47-38(34)35)41-45-39(27-12-4-2-5-13-27)44-40(46-41)28-14-6-3-7-15-28;1-43-35-21-11-10-19-31(35)33-23-29(30-18-9-8-17-28(30)25-42)24-34-37-32(20-12-22-36(37)47-38(33)34)41-45-39(26-13-4-2-5-14-26)44-40(46-41)27-15-6-3-7-16-27/h1-31H;2*2-24H. The number of benzene rings is 18. The number of aromatic nitrogens is 11. The molecule has 0 amide bonds. The Hall–Kier alpha value is -21.3. The van der Waals surface area contributed by atoms with Crippen molar-refractivity contribution in [2.24, 2.45) is 0 Å². The molecule has 0 saturated heterocycles. The third-order valence-corrected chi connectivity index (χ3v) is 26.3. The highest BCUT2D eigenvalue weighted by atomic mass is 16.3. The van der Waals surface area contributed by atoms with E-state index in [0.717, 1.165) is 183 Å². The minimum atomic E-state index is 0.511. The fraction of sp³-hybridized carbons (Fsp3) is 0. The van der Waals surface area contributed by atoms with E-state index in [9.17, 15) is 10.5 Å². The maximum absolute atomic E-state index is 10.00. The summed E-state index contributed by atoms with van der Waals surface area (Å²) in [6, 6.07) is 150. The molecular formula is C131H77N15O3. The fourth-order valence-electron chi connectivity index (χ4n) is 19.2. The predicted molar refractivity (Wildman–Crippen MR) is 591 cm³/mol. The SMILES string of the molecule is [C-]#[N+]c1cccc(-c2cc(-c3cccc(C#N)c3)cc3c2oc2cccc(-c4nc(-c5ccccc5)nc(-c5ccccc5)n4)c23)c1.[C-]#[N+]c1ccccc1-c1cc(-c2ccccc2C#N)cc2c1oc1cccc(-c3nc(-c4ccccc4)nc(-c4ccccc4)n3)c12.c1ccc(-c2nc(-c3ccccc3)nc(-c3cccc4oc5c(-c6ccc(-c7ccncc7)cc6)cc(-c6ccc(-c7ccncc7)cc6)cc5c34)n2)cc1. The van der Waals surface area contributed by atoms with Crippen molar-refractivity contribution < 1.29 is 13.3 Å². The second kappa shape index (κ2) is 40.0. The van der Waals surface area contributed by atoms with Gasteiger partial charge < -0.3 is 13.3 Å². The first-order valence-electron chi connectivity index (χ1n) is 48.2. The van der Waals surface area contributed by atoms with Crippen molar-refractivity contribution >= 4 is 77.2 Å². The van der Waals surface area contributed by atoms with Crippen LogP contribution in [0.3, 0.4) is 0 Å². The van der Waals surface area contributed by atoms with Crippen molar-refractivity contribution in [2.45, 2.75) is 0 Å². The highest BCUT2D eigenvalue weighted by Crippen LogP contribution is 2.50. The lowest BCUT2D eigenvalue weighted by Gasteiger charge is -2.11. The maximum Gasteiger partial charge on any atom is 0.195 e. The van der Waals surface area contributed by atoms with Gasteiger partial charge in [-0.25, -0.2) is 54.5 Å². The van der Waals surface area contributed by atoms with Gasteiger partial charge in [0.25, 0.3) is 0 Å². The van der Waals surface area contributed by atoms with Crippen LogP contribution in [0.4, 0.5) is 11.4 Å². The quantitative estimate of drug-likeness (QED) is 0.0770. The molecule has 8 aromatic heterocycles. The average Bonchev–Trinajstić information content (AvgIpc) is 1.59. The Morgan fingerprint density at radius 2 is 0.510 bits per heavy atom. The highest BCUT2D eigenvalue weighted by molar-refractivity contribution is 6.20. The van der Waals surface area contributed by atoms with Gasteiger partial charge in [-0.05, 0) is 175 Å². The molecule has 0 fully saturated rings. The largest absolute Gasteiger partial charge is 0.455 e. The Kier molecular flexibility index (Phi) is 24.2. The number of hydrogen-bond donors (Lipinski definition) is 0. The molecule has 8 heterocycles. The first kappa shape index (κ1) is 90.2. The van der Waals surface area contributed by atoms with E-state index < -0.39 is 0 Å². The van der Waals surface area contributed by atoms with Crippen LogP contribution >= 0.6 is 0 Å². The van der Waals surface area contributed by atoms with Crippen LogP contribution < -0.4 is 0 Å². The van der Waals surface area contributed by atoms with E-state index in [1.54, 1.807) is 18.2 Å². The molecule has 0 aliphatic carbocycles. The lowest BCUT2D eigenvalue weighted by molar-refractivity contribution is 0.669. The molecule has 26 rings (SSSR count). The third kappa shape index (κ3) is 18.0. The van der Waals surface area contributed by atoms with Crippen molar-refractivity contribution in [2.75, 3.05) is 0 Å². The summed E-state index contributed by atoms with van der Waals surface area (Å²) in [6.45, 7) is 15.5. The molecule has 0 aliphatic rings. The van der Waals surface area contributed by atoms with Gasteiger partial charge in [0.1, 0.15) is 33.5 Å². The Labute approximate surface area is 855 Å². The van der Waals surface area contributed by atoms with E-state index in [2.05, 4.69) is 117 Å². The lowest BCUT2D eigenvalue weighted by atomic mass is 9.92. The van der Waals surface area contributed by atoms with E-state index in [1.165, 1.54) is 0 Å². The molecule has 0 spiro atoms. The van der Waals surface area contributed by atoms with E-state index in [4.69, 9.17) is 71.3 Å². The second-order valence-corrected chi connectivity index (χ2v) is 35.4. The Balaban J connectivity index is 0.000000120. The summed E-state index contributed by atoms with van der Waals surface area (Å²) in [5.74, 6) is 5.12. The summed E-state index contributed by atoms with van der Waals surface area (Å²) >= 11 is 0. The molecule has 18 heteroatoms. The average molecular weight is 1910 g/mol. The number of nitrogens with zero attached hydrogens (tertiary/aromatic N) is 15. The van der Waals surface area contributed by atoms with Crippen LogP contribution in [-0.4, -0.2) is 54.8 Å². The van der Waals surface area contributed by atoms with Crippen LogP contribution in [0.5, 0.6) is 0 Å². The van der Waals surface area contributed by atoms with Gasteiger partial charge in [-0.1, -0.05) is 340 Å². The fourth-order valence-corrected chi connectivity index (χ4v) is 19.2. The zero-order valence-corrected chi connectivity index (χ0v) is 79.4.